The first-order valence-corrected chi connectivity index (χ1v) is 21.9. The van der Waals surface area contributed by atoms with E-state index in [1.165, 1.54) is 0 Å². The van der Waals surface area contributed by atoms with Gasteiger partial charge in [0.15, 0.2) is 0 Å². The summed E-state index contributed by atoms with van der Waals surface area (Å²) >= 11 is 0. The van der Waals surface area contributed by atoms with Gasteiger partial charge in [0, 0.05) is 23.0 Å². The zero-order chi connectivity index (χ0) is 58.9. The van der Waals surface area contributed by atoms with Crippen molar-refractivity contribution >= 4 is 32.8 Å². The average molecular weight is 884 g/mol. The summed E-state index contributed by atoms with van der Waals surface area (Å²) in [6, 6.07) is 25.7. The van der Waals surface area contributed by atoms with Gasteiger partial charge in [-0.3, -0.25) is 13.7 Å². The van der Waals surface area contributed by atoms with Gasteiger partial charge < -0.3 is 4.74 Å². The summed E-state index contributed by atoms with van der Waals surface area (Å²) in [4.78, 5) is 4.84. The molecule has 5 heteroatoms. The summed E-state index contributed by atoms with van der Waals surface area (Å²) in [6.07, 6.45) is 5.23. The van der Waals surface area contributed by atoms with Crippen molar-refractivity contribution in [3.8, 4) is 62.1 Å². The zero-order valence-electron chi connectivity index (χ0n) is 52.7. The molecule has 0 saturated carbocycles. The van der Waals surface area contributed by atoms with Crippen LogP contribution in [0.3, 0.4) is 0 Å². The van der Waals surface area contributed by atoms with Crippen LogP contribution >= 0.6 is 0 Å². The molecule has 11 rings (SSSR count). The van der Waals surface area contributed by atoms with Crippen LogP contribution < -0.4 is 9.30 Å². The maximum atomic E-state index is 9.26. The molecule has 0 N–H and O–H groups in total. The van der Waals surface area contributed by atoms with Crippen molar-refractivity contribution < 1.29 is 29.9 Å². The highest BCUT2D eigenvalue weighted by Crippen LogP contribution is 2.41. The molecule has 0 amide bonds. The normalized spacial score (nSPS) is 15.2. The van der Waals surface area contributed by atoms with E-state index in [4.69, 9.17) is 24.8 Å². The number of benzene rings is 8. The van der Waals surface area contributed by atoms with Crippen molar-refractivity contribution in [3.05, 3.63) is 223 Å². The zero-order valence-corrected chi connectivity index (χ0v) is 37.7. The Hall–Kier alpha value is -8.02. The fraction of sp³-hybridized carbons (Fsp3) is 0.129. The van der Waals surface area contributed by atoms with Crippen LogP contribution in [0.15, 0.2) is 206 Å². The predicted octanol–water partition coefficient (Wildman–Crippen LogP) is 15.6. The molecule has 0 atom stereocenters. The van der Waals surface area contributed by atoms with Gasteiger partial charge in [-0.05, 0) is 110 Å². The largest absolute Gasteiger partial charge is 0.458 e. The first-order valence-electron chi connectivity index (χ1n) is 29.4. The SMILES string of the molecule is [2H]c1c([2H])c([2H])c(-c2ccc3c(c2)c2ccc(Oc4cccc(-n5[c-][n+](-c6c(-c7c([2H])c([2H])c([2H])c([2H])c7[2H])cc(C(C)(C)C)cc6-c6c([2H])c([2H])c([2H])c([2H])c6[2H])c6ccccc65)c4)cc2n3-c2cc(C(C)(C)C)ccn2)c([2H])c1[2H]. The van der Waals surface area contributed by atoms with Gasteiger partial charge in [0.25, 0.3) is 6.33 Å². The number of pyridine rings is 1. The standard InChI is InChI=1S/C62H52N4O/c1-61(2,3)46-33-34-63-59(38-46)66-55-32-29-45(42-19-10-7-11-20-42)35-54(55)51-31-30-50(40-58(51)66)67-49-26-18-25-48(39-49)64-41-65(57-28-17-16-27-56(57)64)60-52(43-21-12-8-13-22-43)36-47(62(4,5)6)37-53(60)44-23-14-9-15-24-44/h7-40H,1-6H3/i7D,8D,9D,10D,11D,12D,13D,14D,15D,19D,20D,21D,22D,23D,24D. The summed E-state index contributed by atoms with van der Waals surface area (Å²) in [5.74, 6) is 1.50. The highest BCUT2D eigenvalue weighted by atomic mass is 16.5. The molecule has 0 fully saturated rings. The molecule has 3 aromatic heterocycles. The van der Waals surface area contributed by atoms with E-state index in [-0.39, 0.29) is 51.0 Å². The van der Waals surface area contributed by atoms with Gasteiger partial charge >= 0.3 is 0 Å². The van der Waals surface area contributed by atoms with Gasteiger partial charge in [0.2, 0.25) is 0 Å². The van der Waals surface area contributed by atoms with Gasteiger partial charge in [-0.25, -0.2) is 4.98 Å². The molecular weight excluding hydrogens is 817 g/mol. The molecule has 8 aromatic carbocycles. The maximum absolute atomic E-state index is 9.26. The molecule has 0 saturated heterocycles. The Labute approximate surface area is 413 Å². The van der Waals surface area contributed by atoms with Gasteiger partial charge in [0.1, 0.15) is 17.3 Å². The summed E-state index contributed by atoms with van der Waals surface area (Å²) in [5, 5.41) is 1.53. The molecule has 0 radical (unpaired) electrons. The van der Waals surface area contributed by atoms with Crippen molar-refractivity contribution in [2.45, 2.75) is 52.4 Å². The number of rotatable bonds is 8. The van der Waals surface area contributed by atoms with E-state index in [2.05, 4.69) is 27.1 Å². The lowest BCUT2D eigenvalue weighted by atomic mass is 9.82. The minimum atomic E-state index is -0.665. The van der Waals surface area contributed by atoms with Crippen LogP contribution in [-0.2, 0) is 10.8 Å². The Kier molecular flexibility index (Phi) is 6.90. The molecule has 11 aromatic rings. The van der Waals surface area contributed by atoms with Crippen molar-refractivity contribution in [2.24, 2.45) is 0 Å². The van der Waals surface area contributed by atoms with Crippen LogP contribution in [0, 0.1) is 6.33 Å². The van der Waals surface area contributed by atoms with Crippen molar-refractivity contribution in [1.82, 2.24) is 14.1 Å². The molecule has 326 valence electrons. The fourth-order valence-corrected chi connectivity index (χ4v) is 8.57. The van der Waals surface area contributed by atoms with Gasteiger partial charge in [-0.2, -0.15) is 0 Å². The predicted molar refractivity (Wildman–Crippen MR) is 276 cm³/mol. The molecule has 0 aliphatic carbocycles. The van der Waals surface area contributed by atoms with E-state index in [1.807, 2.05) is 104 Å². The number of ether oxygens (including phenoxy) is 1. The molecule has 0 aliphatic rings. The first-order chi connectivity index (χ1) is 38.7. The van der Waals surface area contributed by atoms with E-state index in [0.29, 0.717) is 50.7 Å². The van der Waals surface area contributed by atoms with Crippen molar-refractivity contribution in [2.75, 3.05) is 0 Å². The summed E-state index contributed by atoms with van der Waals surface area (Å²) in [6.45, 7) is 12.1. The number of hydrogen-bond acceptors (Lipinski definition) is 2. The van der Waals surface area contributed by atoms with Crippen LogP contribution in [0.1, 0.15) is 73.2 Å². The van der Waals surface area contributed by atoms with E-state index in [9.17, 15) is 5.48 Å². The molecule has 0 bridgehead atoms. The Morgan fingerprint density at radius 2 is 1.16 bits per heavy atom. The second kappa shape index (κ2) is 16.4. The van der Waals surface area contributed by atoms with Crippen molar-refractivity contribution in [3.63, 3.8) is 0 Å². The highest BCUT2D eigenvalue weighted by Gasteiger charge is 2.25. The number of aromatic nitrogens is 4. The van der Waals surface area contributed by atoms with Gasteiger partial charge in [-0.15, -0.1) is 0 Å². The molecular formula is C62H52N4O. The average Bonchev–Trinajstić information content (AvgIpc) is 3.64. The molecule has 0 spiro atoms. The monoisotopic (exact) mass is 884 g/mol. The molecule has 3 heterocycles. The number of nitrogens with zero attached hydrogens (tertiary/aromatic N) is 4. The summed E-state index contributed by atoms with van der Waals surface area (Å²) in [5.41, 5.74) is 4.56. The second-order valence-electron chi connectivity index (χ2n) is 18.4. The minimum absolute atomic E-state index is 0.0853. The van der Waals surface area contributed by atoms with Crippen LogP contribution in [0.25, 0.3) is 83.4 Å². The minimum Gasteiger partial charge on any atom is -0.458 e. The number of imidazole rings is 1. The number of hydrogen-bond donors (Lipinski definition) is 0. The molecule has 5 nitrogen and oxygen atoms in total. The van der Waals surface area contributed by atoms with Crippen LogP contribution in [-0.4, -0.2) is 14.1 Å². The molecule has 0 aliphatic heterocycles. The fourth-order valence-electron chi connectivity index (χ4n) is 8.57. The lowest BCUT2D eigenvalue weighted by molar-refractivity contribution is -0.571. The highest BCUT2D eigenvalue weighted by molar-refractivity contribution is 6.10. The van der Waals surface area contributed by atoms with Crippen LogP contribution in [0.5, 0.6) is 11.5 Å². The topological polar surface area (TPSA) is 35.9 Å². The lowest BCUT2D eigenvalue weighted by Gasteiger charge is -2.25. The van der Waals surface area contributed by atoms with E-state index >= 15 is 0 Å². The van der Waals surface area contributed by atoms with Gasteiger partial charge in [0.05, 0.1) is 54.0 Å². The Balaban J connectivity index is 1.11. The molecule has 67 heavy (non-hydrogen) atoms. The number of fused-ring (bicyclic) bond motifs is 4. The van der Waals surface area contributed by atoms with E-state index in [0.717, 1.165) is 21.9 Å². The molecule has 0 unspecified atom stereocenters. The lowest BCUT2D eigenvalue weighted by Crippen LogP contribution is -2.32. The third kappa shape index (κ3) is 7.76. The van der Waals surface area contributed by atoms with E-state index in [1.54, 1.807) is 45.7 Å². The number of para-hydroxylation sites is 2. The maximum Gasteiger partial charge on any atom is 0.269 e. The third-order valence-electron chi connectivity index (χ3n) is 12.0. The Bertz CT molecular complexity index is 4360. The summed E-state index contributed by atoms with van der Waals surface area (Å²) in [7, 11) is 0. The smallest absolute Gasteiger partial charge is 0.269 e. The van der Waals surface area contributed by atoms with Gasteiger partial charge in [-0.1, -0.05) is 181 Å². The van der Waals surface area contributed by atoms with Crippen LogP contribution in [0.2, 0.25) is 0 Å². The first kappa shape index (κ1) is 28.1. The van der Waals surface area contributed by atoms with Crippen LogP contribution in [0.4, 0.5) is 0 Å². The Morgan fingerprint density at radius 1 is 0.522 bits per heavy atom. The third-order valence-corrected chi connectivity index (χ3v) is 12.0. The quantitative estimate of drug-likeness (QED) is 0.113. The second-order valence-corrected chi connectivity index (χ2v) is 18.4. The Morgan fingerprint density at radius 3 is 1.84 bits per heavy atom. The van der Waals surface area contributed by atoms with E-state index < -0.39 is 84.0 Å². The van der Waals surface area contributed by atoms with Crippen molar-refractivity contribution in [1.29, 1.82) is 0 Å². The summed E-state index contributed by atoms with van der Waals surface area (Å²) < 4.78 is 144.